The van der Waals surface area contributed by atoms with Crippen LogP contribution in [0.3, 0.4) is 0 Å². The zero-order valence-corrected chi connectivity index (χ0v) is 14.9. The topological polar surface area (TPSA) is 66.1 Å². The summed E-state index contributed by atoms with van der Waals surface area (Å²) < 4.78 is 2.09. The van der Waals surface area contributed by atoms with E-state index in [1.54, 1.807) is 6.92 Å². The summed E-state index contributed by atoms with van der Waals surface area (Å²) in [5, 5.41) is 17.3. The Morgan fingerprint density at radius 2 is 1.72 bits per heavy atom. The lowest BCUT2D eigenvalue weighted by molar-refractivity contribution is -0.136. The third-order valence-corrected chi connectivity index (χ3v) is 4.15. The SMILES string of the molecule is CCC(=O)O.Cc1ccccc1CC(=N)c1cn(C)c2ccccc12. The van der Waals surface area contributed by atoms with Crippen molar-refractivity contribution in [3.05, 3.63) is 71.4 Å². The van der Waals surface area contributed by atoms with Gasteiger partial charge in [0, 0.05) is 48.3 Å². The van der Waals surface area contributed by atoms with Crippen LogP contribution >= 0.6 is 0 Å². The van der Waals surface area contributed by atoms with Crippen LogP contribution < -0.4 is 0 Å². The maximum Gasteiger partial charge on any atom is 0.303 e. The van der Waals surface area contributed by atoms with Crippen molar-refractivity contribution in [3.8, 4) is 0 Å². The van der Waals surface area contributed by atoms with Crippen molar-refractivity contribution in [3.63, 3.8) is 0 Å². The van der Waals surface area contributed by atoms with Crippen LogP contribution in [0.1, 0.15) is 30.0 Å². The first kappa shape index (κ1) is 18.5. The highest BCUT2D eigenvalue weighted by molar-refractivity contribution is 6.10. The van der Waals surface area contributed by atoms with Gasteiger partial charge in [-0.2, -0.15) is 0 Å². The van der Waals surface area contributed by atoms with Gasteiger partial charge < -0.3 is 15.1 Å². The largest absolute Gasteiger partial charge is 0.481 e. The number of benzene rings is 2. The second-order valence-electron chi connectivity index (χ2n) is 6.00. The minimum Gasteiger partial charge on any atom is -0.481 e. The summed E-state index contributed by atoms with van der Waals surface area (Å²) in [6.07, 6.45) is 2.96. The Labute approximate surface area is 148 Å². The molecule has 3 aromatic rings. The minimum atomic E-state index is -0.745. The Bertz CT molecular complexity index is 894. The molecule has 1 aromatic heterocycles. The van der Waals surface area contributed by atoms with Crippen LogP contribution in [-0.4, -0.2) is 21.4 Å². The molecule has 0 bridgehead atoms. The van der Waals surface area contributed by atoms with Gasteiger partial charge in [-0.05, 0) is 24.1 Å². The number of carboxylic acids is 1. The lowest BCUT2D eigenvalue weighted by Crippen LogP contribution is -2.04. The molecule has 0 spiro atoms. The van der Waals surface area contributed by atoms with Crippen LogP contribution in [-0.2, 0) is 18.3 Å². The van der Waals surface area contributed by atoms with E-state index < -0.39 is 5.97 Å². The number of aryl methyl sites for hydroxylation is 2. The zero-order chi connectivity index (χ0) is 18.4. The number of hydrogen-bond donors (Lipinski definition) is 2. The fourth-order valence-corrected chi connectivity index (χ4v) is 2.68. The van der Waals surface area contributed by atoms with E-state index in [2.05, 4.69) is 42.0 Å². The predicted octanol–water partition coefficient (Wildman–Crippen LogP) is 4.58. The molecule has 0 saturated heterocycles. The first-order chi connectivity index (χ1) is 11.9. The fraction of sp³-hybridized carbons (Fsp3) is 0.238. The molecule has 0 amide bonds. The Morgan fingerprint density at radius 1 is 1.12 bits per heavy atom. The highest BCUT2D eigenvalue weighted by Crippen LogP contribution is 2.22. The maximum atomic E-state index is 9.37. The van der Waals surface area contributed by atoms with Crippen LogP contribution in [0.5, 0.6) is 0 Å². The molecule has 0 aliphatic rings. The average Bonchev–Trinajstić information content (AvgIpc) is 2.95. The van der Waals surface area contributed by atoms with Crippen LogP contribution in [0.2, 0.25) is 0 Å². The maximum absolute atomic E-state index is 9.37. The molecular formula is C21H24N2O2. The van der Waals surface area contributed by atoms with Crippen molar-refractivity contribution < 1.29 is 9.90 Å². The second kappa shape index (κ2) is 8.29. The molecule has 4 heteroatoms. The van der Waals surface area contributed by atoms with Crippen molar-refractivity contribution in [2.24, 2.45) is 7.05 Å². The summed E-state index contributed by atoms with van der Waals surface area (Å²) in [4.78, 5) is 9.37. The molecule has 0 radical (unpaired) electrons. The van der Waals surface area contributed by atoms with E-state index in [0.717, 1.165) is 10.9 Å². The summed E-state index contributed by atoms with van der Waals surface area (Å²) in [6, 6.07) is 16.6. The lowest BCUT2D eigenvalue weighted by Gasteiger charge is -2.06. The molecule has 4 nitrogen and oxygen atoms in total. The number of aliphatic carboxylic acids is 1. The van der Waals surface area contributed by atoms with Crippen LogP contribution in [0.4, 0.5) is 0 Å². The zero-order valence-electron chi connectivity index (χ0n) is 14.9. The molecule has 2 aromatic carbocycles. The van der Waals surface area contributed by atoms with Crippen molar-refractivity contribution in [2.75, 3.05) is 0 Å². The number of carbonyl (C=O) groups is 1. The van der Waals surface area contributed by atoms with Gasteiger partial charge in [-0.1, -0.05) is 49.4 Å². The Morgan fingerprint density at radius 3 is 2.36 bits per heavy atom. The lowest BCUT2D eigenvalue weighted by atomic mass is 9.99. The smallest absolute Gasteiger partial charge is 0.303 e. The third kappa shape index (κ3) is 4.57. The van der Waals surface area contributed by atoms with Crippen LogP contribution in [0, 0.1) is 12.3 Å². The van der Waals surface area contributed by atoms with Crippen molar-refractivity contribution in [1.29, 1.82) is 5.41 Å². The van der Waals surface area contributed by atoms with Crippen molar-refractivity contribution in [1.82, 2.24) is 4.57 Å². The number of para-hydroxylation sites is 1. The van der Waals surface area contributed by atoms with Gasteiger partial charge in [0.05, 0.1) is 0 Å². The molecule has 130 valence electrons. The number of aromatic nitrogens is 1. The summed E-state index contributed by atoms with van der Waals surface area (Å²) in [6.45, 7) is 3.70. The first-order valence-corrected chi connectivity index (χ1v) is 8.32. The van der Waals surface area contributed by atoms with Gasteiger partial charge in [0.25, 0.3) is 0 Å². The van der Waals surface area contributed by atoms with Crippen molar-refractivity contribution >= 4 is 22.6 Å². The van der Waals surface area contributed by atoms with Crippen LogP contribution in [0.25, 0.3) is 10.9 Å². The number of carboxylic acid groups (broad SMARTS) is 1. The Hall–Kier alpha value is -2.88. The fourth-order valence-electron chi connectivity index (χ4n) is 2.68. The molecule has 0 aliphatic carbocycles. The number of fused-ring (bicyclic) bond motifs is 1. The van der Waals surface area contributed by atoms with E-state index in [-0.39, 0.29) is 6.42 Å². The van der Waals surface area contributed by atoms with Gasteiger partial charge in [0.1, 0.15) is 0 Å². The van der Waals surface area contributed by atoms with E-state index in [4.69, 9.17) is 10.5 Å². The average molecular weight is 336 g/mol. The molecule has 1 heterocycles. The number of hydrogen-bond acceptors (Lipinski definition) is 2. The molecule has 0 fully saturated rings. The first-order valence-electron chi connectivity index (χ1n) is 8.32. The number of nitrogens with one attached hydrogen (secondary N) is 1. The molecule has 0 unspecified atom stereocenters. The standard InChI is InChI=1S/C18H18N2.C3H6O2/c1-13-7-3-4-8-14(13)11-17(19)16-12-20(2)18-10-6-5-9-15(16)18;1-2-3(4)5/h3-10,12,19H,11H2,1-2H3;2H2,1H3,(H,4,5). The van der Waals surface area contributed by atoms with E-state index in [9.17, 15) is 4.79 Å². The third-order valence-electron chi connectivity index (χ3n) is 4.15. The normalized spacial score (nSPS) is 10.2. The monoisotopic (exact) mass is 336 g/mol. The molecule has 25 heavy (non-hydrogen) atoms. The molecule has 0 atom stereocenters. The highest BCUT2D eigenvalue weighted by Gasteiger charge is 2.11. The highest BCUT2D eigenvalue weighted by atomic mass is 16.4. The Kier molecular flexibility index (Phi) is 6.12. The van der Waals surface area contributed by atoms with E-state index in [1.165, 1.54) is 16.6 Å². The van der Waals surface area contributed by atoms with Gasteiger partial charge in [-0.25, -0.2) is 0 Å². The van der Waals surface area contributed by atoms with Crippen molar-refractivity contribution in [2.45, 2.75) is 26.7 Å². The molecular weight excluding hydrogens is 312 g/mol. The summed E-state index contributed by atoms with van der Waals surface area (Å²) in [5.41, 5.74) is 5.36. The van der Waals surface area contributed by atoms with Gasteiger partial charge in [0.15, 0.2) is 0 Å². The number of rotatable bonds is 4. The quantitative estimate of drug-likeness (QED) is 0.685. The number of nitrogens with zero attached hydrogens (tertiary/aromatic N) is 1. The molecule has 0 saturated carbocycles. The Balaban J connectivity index is 0.000000399. The molecule has 0 aliphatic heterocycles. The molecule has 3 rings (SSSR count). The minimum absolute atomic E-state index is 0.222. The van der Waals surface area contributed by atoms with Gasteiger partial charge in [0.2, 0.25) is 0 Å². The summed E-state index contributed by atoms with van der Waals surface area (Å²) in [5.74, 6) is -0.745. The van der Waals surface area contributed by atoms with E-state index in [1.807, 2.05) is 31.3 Å². The predicted molar refractivity (Wildman–Crippen MR) is 103 cm³/mol. The van der Waals surface area contributed by atoms with Crippen LogP contribution in [0.15, 0.2) is 54.7 Å². The summed E-state index contributed by atoms with van der Waals surface area (Å²) in [7, 11) is 2.03. The van der Waals surface area contributed by atoms with E-state index in [0.29, 0.717) is 12.1 Å². The summed E-state index contributed by atoms with van der Waals surface area (Å²) >= 11 is 0. The van der Waals surface area contributed by atoms with Gasteiger partial charge >= 0.3 is 5.97 Å². The van der Waals surface area contributed by atoms with Gasteiger partial charge in [-0.15, -0.1) is 0 Å². The second-order valence-corrected chi connectivity index (χ2v) is 6.00. The van der Waals surface area contributed by atoms with E-state index >= 15 is 0 Å². The molecule has 2 N–H and O–H groups in total. The van der Waals surface area contributed by atoms with Gasteiger partial charge in [-0.3, -0.25) is 4.79 Å².